The fraction of sp³-hybridized carbons (Fsp3) is 0.208. The van der Waals surface area contributed by atoms with Crippen molar-refractivity contribution in [3.05, 3.63) is 84.2 Å². The molecule has 1 aliphatic heterocycles. The van der Waals surface area contributed by atoms with Gasteiger partial charge in [0.05, 0.1) is 0 Å². The number of nitrogens with zero attached hydrogens (tertiary/aromatic N) is 2. The molecule has 1 heterocycles. The Morgan fingerprint density at radius 3 is 2.18 bits per heavy atom. The van der Waals surface area contributed by atoms with Crippen molar-refractivity contribution in [3.63, 3.8) is 0 Å². The van der Waals surface area contributed by atoms with Crippen molar-refractivity contribution in [1.82, 2.24) is 0 Å². The van der Waals surface area contributed by atoms with Crippen molar-refractivity contribution in [2.45, 2.75) is 12.8 Å². The molecule has 1 amide bonds. The zero-order chi connectivity index (χ0) is 19.5. The van der Waals surface area contributed by atoms with Gasteiger partial charge in [0.1, 0.15) is 5.82 Å². The maximum Gasteiger partial charge on any atom is 0.258 e. The van der Waals surface area contributed by atoms with Gasteiger partial charge in [-0.1, -0.05) is 30.3 Å². The van der Waals surface area contributed by atoms with Crippen LogP contribution in [0.2, 0.25) is 0 Å². The molecule has 1 aliphatic rings. The van der Waals surface area contributed by atoms with Gasteiger partial charge in [0.2, 0.25) is 0 Å². The highest BCUT2D eigenvalue weighted by Crippen LogP contribution is 2.26. The second kappa shape index (κ2) is 7.85. The lowest BCUT2D eigenvalue weighted by Gasteiger charge is -2.21. The highest BCUT2D eigenvalue weighted by atomic mass is 19.1. The summed E-state index contributed by atoms with van der Waals surface area (Å²) in [6.45, 7) is 2.20. The molecule has 3 nitrogen and oxygen atoms in total. The first-order chi connectivity index (χ1) is 13.6. The Hall–Kier alpha value is -3.14. The summed E-state index contributed by atoms with van der Waals surface area (Å²) in [7, 11) is 1.78. The van der Waals surface area contributed by atoms with E-state index in [9.17, 15) is 9.18 Å². The van der Waals surface area contributed by atoms with Crippen LogP contribution in [0.25, 0.3) is 11.1 Å². The summed E-state index contributed by atoms with van der Waals surface area (Å²) in [6, 6.07) is 21.8. The smallest absolute Gasteiger partial charge is 0.258 e. The first kappa shape index (κ1) is 18.2. The Morgan fingerprint density at radius 1 is 0.893 bits per heavy atom. The largest absolute Gasteiger partial charge is 0.372 e. The fourth-order valence-electron chi connectivity index (χ4n) is 3.66. The number of hydrogen-bond acceptors (Lipinski definition) is 2. The molecule has 28 heavy (non-hydrogen) atoms. The summed E-state index contributed by atoms with van der Waals surface area (Å²) in [4.78, 5) is 16.9. The molecule has 3 aromatic rings. The molecule has 0 bridgehead atoms. The molecule has 1 fully saturated rings. The van der Waals surface area contributed by atoms with Gasteiger partial charge in [-0.3, -0.25) is 4.79 Å². The van der Waals surface area contributed by atoms with Crippen LogP contribution in [-0.4, -0.2) is 26.0 Å². The van der Waals surface area contributed by atoms with E-state index in [1.807, 2.05) is 12.1 Å². The predicted molar refractivity (Wildman–Crippen MR) is 112 cm³/mol. The molecular formula is C24H23FN2O. The van der Waals surface area contributed by atoms with Crippen LogP contribution in [0.5, 0.6) is 0 Å². The van der Waals surface area contributed by atoms with Gasteiger partial charge in [-0.15, -0.1) is 0 Å². The lowest BCUT2D eigenvalue weighted by molar-refractivity contribution is 0.0993. The Labute approximate surface area is 165 Å². The van der Waals surface area contributed by atoms with E-state index in [0.29, 0.717) is 11.1 Å². The molecule has 0 radical (unpaired) electrons. The van der Waals surface area contributed by atoms with Gasteiger partial charge in [-0.25, -0.2) is 4.39 Å². The van der Waals surface area contributed by atoms with E-state index < -0.39 is 0 Å². The zero-order valence-corrected chi connectivity index (χ0v) is 15.9. The van der Waals surface area contributed by atoms with E-state index in [-0.39, 0.29) is 11.7 Å². The average molecular weight is 374 g/mol. The van der Waals surface area contributed by atoms with Crippen molar-refractivity contribution in [3.8, 4) is 11.1 Å². The molecule has 0 aromatic heterocycles. The summed E-state index contributed by atoms with van der Waals surface area (Å²) in [5, 5.41) is 0. The highest BCUT2D eigenvalue weighted by Gasteiger charge is 2.16. The van der Waals surface area contributed by atoms with Crippen LogP contribution in [-0.2, 0) is 0 Å². The van der Waals surface area contributed by atoms with Crippen LogP contribution in [0.4, 0.5) is 15.8 Å². The van der Waals surface area contributed by atoms with E-state index in [2.05, 4.69) is 17.0 Å². The van der Waals surface area contributed by atoms with Crippen molar-refractivity contribution in [2.24, 2.45) is 0 Å². The van der Waals surface area contributed by atoms with E-state index in [1.54, 1.807) is 54.4 Å². The number of anilines is 2. The van der Waals surface area contributed by atoms with Crippen molar-refractivity contribution in [1.29, 1.82) is 0 Å². The first-order valence-electron chi connectivity index (χ1n) is 9.61. The fourth-order valence-corrected chi connectivity index (χ4v) is 3.66. The third kappa shape index (κ3) is 3.63. The third-order valence-electron chi connectivity index (χ3n) is 5.33. The first-order valence-corrected chi connectivity index (χ1v) is 9.61. The number of hydrogen-bond donors (Lipinski definition) is 0. The SMILES string of the molecule is CN(C(=O)c1ccc(-c2ccccc2F)cc1)c1ccc(N2CCCC2)cc1. The minimum atomic E-state index is -0.267. The number of benzene rings is 3. The van der Waals surface area contributed by atoms with Crippen molar-refractivity contribution < 1.29 is 9.18 Å². The van der Waals surface area contributed by atoms with Gasteiger partial charge < -0.3 is 9.80 Å². The van der Waals surface area contributed by atoms with E-state index in [4.69, 9.17) is 0 Å². The van der Waals surface area contributed by atoms with Gasteiger partial charge in [0.25, 0.3) is 5.91 Å². The standard InChI is InChI=1S/C24H23FN2O/c1-26(20-12-14-21(15-13-20)27-16-4-5-17-27)24(28)19-10-8-18(9-11-19)22-6-2-3-7-23(22)25/h2-3,6-15H,4-5,16-17H2,1H3. The number of carbonyl (C=O) groups is 1. The maximum absolute atomic E-state index is 13.9. The molecule has 4 heteroatoms. The van der Waals surface area contributed by atoms with E-state index in [1.165, 1.54) is 24.6 Å². The topological polar surface area (TPSA) is 23.6 Å². The maximum atomic E-state index is 13.9. The molecule has 3 aromatic carbocycles. The average Bonchev–Trinajstić information content (AvgIpc) is 3.28. The molecule has 0 unspecified atom stereocenters. The quantitative estimate of drug-likeness (QED) is 0.613. The molecule has 142 valence electrons. The van der Waals surface area contributed by atoms with Crippen LogP contribution in [0.1, 0.15) is 23.2 Å². The second-order valence-electron chi connectivity index (χ2n) is 7.13. The summed E-state index contributed by atoms with van der Waals surface area (Å²) in [5.74, 6) is -0.356. The Balaban J connectivity index is 1.50. The second-order valence-corrected chi connectivity index (χ2v) is 7.13. The Morgan fingerprint density at radius 2 is 1.54 bits per heavy atom. The van der Waals surface area contributed by atoms with Crippen LogP contribution in [0.15, 0.2) is 72.8 Å². The normalized spacial score (nSPS) is 13.6. The monoisotopic (exact) mass is 374 g/mol. The third-order valence-corrected chi connectivity index (χ3v) is 5.33. The van der Waals surface area contributed by atoms with Crippen LogP contribution >= 0.6 is 0 Å². The van der Waals surface area contributed by atoms with E-state index >= 15 is 0 Å². The molecule has 0 saturated carbocycles. The van der Waals surface area contributed by atoms with Gasteiger partial charge >= 0.3 is 0 Å². The molecular weight excluding hydrogens is 351 g/mol. The minimum Gasteiger partial charge on any atom is -0.372 e. The molecule has 0 atom stereocenters. The molecule has 0 N–H and O–H groups in total. The number of rotatable bonds is 4. The number of carbonyl (C=O) groups excluding carboxylic acids is 1. The van der Waals surface area contributed by atoms with Crippen molar-refractivity contribution >= 4 is 17.3 Å². The summed E-state index contributed by atoms with van der Waals surface area (Å²) in [5.41, 5.74) is 3.92. The number of halogens is 1. The minimum absolute atomic E-state index is 0.0889. The molecule has 4 rings (SSSR count). The Kier molecular flexibility index (Phi) is 5.11. The summed E-state index contributed by atoms with van der Waals surface area (Å²) < 4.78 is 13.9. The van der Waals surface area contributed by atoms with Gasteiger partial charge in [0, 0.05) is 42.6 Å². The van der Waals surface area contributed by atoms with Crippen LogP contribution < -0.4 is 9.80 Å². The predicted octanol–water partition coefficient (Wildman–Crippen LogP) is 5.37. The number of amides is 1. The van der Waals surface area contributed by atoms with Crippen LogP contribution in [0, 0.1) is 5.82 Å². The molecule has 0 aliphatic carbocycles. The van der Waals surface area contributed by atoms with Gasteiger partial charge in [0.15, 0.2) is 0 Å². The van der Waals surface area contributed by atoms with Crippen molar-refractivity contribution in [2.75, 3.05) is 29.9 Å². The summed E-state index contributed by atoms with van der Waals surface area (Å²) >= 11 is 0. The van der Waals surface area contributed by atoms with E-state index in [0.717, 1.165) is 24.3 Å². The van der Waals surface area contributed by atoms with Crippen LogP contribution in [0.3, 0.4) is 0 Å². The highest BCUT2D eigenvalue weighted by molar-refractivity contribution is 6.06. The zero-order valence-electron chi connectivity index (χ0n) is 15.9. The molecule has 0 spiro atoms. The summed E-state index contributed by atoms with van der Waals surface area (Å²) in [6.07, 6.45) is 2.48. The Bertz CT molecular complexity index is 961. The lowest BCUT2D eigenvalue weighted by atomic mass is 10.0. The van der Waals surface area contributed by atoms with Gasteiger partial charge in [-0.05, 0) is 60.9 Å². The lowest BCUT2D eigenvalue weighted by Crippen LogP contribution is -2.26. The van der Waals surface area contributed by atoms with Gasteiger partial charge in [-0.2, -0.15) is 0 Å². The molecule has 1 saturated heterocycles.